The van der Waals surface area contributed by atoms with Crippen LogP contribution in [0, 0.1) is 13.8 Å². The van der Waals surface area contributed by atoms with Crippen molar-refractivity contribution in [3.8, 4) is 0 Å². The van der Waals surface area contributed by atoms with E-state index in [0.717, 1.165) is 18.8 Å². The lowest BCUT2D eigenvalue weighted by molar-refractivity contribution is -0.0173. The zero-order valence-electron chi connectivity index (χ0n) is 17.9. The second kappa shape index (κ2) is 9.51. The van der Waals surface area contributed by atoms with E-state index in [0.29, 0.717) is 44.5 Å². The number of methoxy groups -OCH3 is 1. The van der Waals surface area contributed by atoms with E-state index in [4.69, 9.17) is 19.1 Å². The summed E-state index contributed by atoms with van der Waals surface area (Å²) in [7, 11) is 1.67. The predicted molar refractivity (Wildman–Crippen MR) is 111 cm³/mol. The lowest BCUT2D eigenvalue weighted by Crippen LogP contribution is -2.39. The van der Waals surface area contributed by atoms with Gasteiger partial charge in [-0.05, 0) is 19.4 Å². The fourth-order valence-corrected chi connectivity index (χ4v) is 4.02. The first-order valence-corrected chi connectivity index (χ1v) is 10.4. The van der Waals surface area contributed by atoms with E-state index in [1.165, 1.54) is 16.8 Å². The number of aryl methyl sites for hydroxylation is 1. The first-order valence-electron chi connectivity index (χ1n) is 10.4. The molecule has 0 radical (unpaired) electrons. The summed E-state index contributed by atoms with van der Waals surface area (Å²) < 4.78 is 18.5. The Hall–Kier alpha value is -2.55. The van der Waals surface area contributed by atoms with Crippen molar-refractivity contribution >= 4 is 0 Å². The third-order valence-electron chi connectivity index (χ3n) is 5.56. The summed E-state index contributed by atoms with van der Waals surface area (Å²) in [6.45, 7) is 8.28. The average Bonchev–Trinajstić information content (AvgIpc) is 3.31. The van der Waals surface area contributed by atoms with Gasteiger partial charge in [-0.25, -0.2) is 0 Å². The van der Waals surface area contributed by atoms with Gasteiger partial charge in [-0.2, -0.15) is 10.1 Å². The standard InChI is InChI=1S/C22H29N5O3/c1-16-22(17(2)27(24-16)13-18-7-5-4-6-8-18)19-15-29-12-10-26(19)14-21-23-20(25-30-21)9-11-28-3/h4-8,19H,9-15H2,1-3H3. The van der Waals surface area contributed by atoms with Crippen molar-refractivity contribution < 1.29 is 14.0 Å². The van der Waals surface area contributed by atoms with Crippen molar-refractivity contribution in [1.82, 2.24) is 24.8 Å². The van der Waals surface area contributed by atoms with Crippen LogP contribution in [0.5, 0.6) is 0 Å². The highest BCUT2D eigenvalue weighted by Crippen LogP contribution is 2.30. The Labute approximate surface area is 176 Å². The van der Waals surface area contributed by atoms with Gasteiger partial charge in [-0.3, -0.25) is 9.58 Å². The Bertz CT molecular complexity index is 953. The summed E-state index contributed by atoms with van der Waals surface area (Å²) in [6.07, 6.45) is 0.650. The molecular formula is C22H29N5O3. The Morgan fingerprint density at radius 1 is 1.17 bits per heavy atom. The van der Waals surface area contributed by atoms with Crippen LogP contribution in [0.2, 0.25) is 0 Å². The van der Waals surface area contributed by atoms with E-state index in [2.05, 4.69) is 57.8 Å². The van der Waals surface area contributed by atoms with Crippen molar-refractivity contribution in [2.75, 3.05) is 33.5 Å². The number of hydrogen-bond acceptors (Lipinski definition) is 7. The first kappa shape index (κ1) is 20.7. The number of rotatable bonds is 8. The highest BCUT2D eigenvalue weighted by molar-refractivity contribution is 5.30. The Balaban J connectivity index is 1.53. The second-order valence-electron chi connectivity index (χ2n) is 7.64. The van der Waals surface area contributed by atoms with Gasteiger partial charge in [0, 0.05) is 31.3 Å². The molecular weight excluding hydrogens is 382 g/mol. The van der Waals surface area contributed by atoms with Gasteiger partial charge in [0.2, 0.25) is 5.89 Å². The van der Waals surface area contributed by atoms with Crippen molar-refractivity contribution in [3.05, 3.63) is 64.6 Å². The molecule has 0 bridgehead atoms. The van der Waals surface area contributed by atoms with Crippen LogP contribution in [0.25, 0.3) is 0 Å². The van der Waals surface area contributed by atoms with Gasteiger partial charge in [0.05, 0.1) is 44.6 Å². The zero-order valence-corrected chi connectivity index (χ0v) is 17.9. The Morgan fingerprint density at radius 2 is 2.00 bits per heavy atom. The molecule has 1 saturated heterocycles. The summed E-state index contributed by atoms with van der Waals surface area (Å²) in [4.78, 5) is 6.86. The monoisotopic (exact) mass is 411 g/mol. The molecule has 3 aromatic rings. The second-order valence-corrected chi connectivity index (χ2v) is 7.64. The van der Waals surface area contributed by atoms with Gasteiger partial charge in [-0.15, -0.1) is 0 Å². The summed E-state index contributed by atoms with van der Waals surface area (Å²) in [5.41, 5.74) is 4.67. The quantitative estimate of drug-likeness (QED) is 0.564. The molecule has 3 heterocycles. The molecule has 0 N–H and O–H groups in total. The van der Waals surface area contributed by atoms with E-state index in [1.54, 1.807) is 7.11 Å². The SMILES string of the molecule is COCCc1noc(CN2CCOCC2c2c(C)nn(Cc3ccccc3)c2C)n1. The van der Waals surface area contributed by atoms with Crippen LogP contribution < -0.4 is 0 Å². The summed E-state index contributed by atoms with van der Waals surface area (Å²) in [6, 6.07) is 10.5. The van der Waals surface area contributed by atoms with Crippen LogP contribution in [0.4, 0.5) is 0 Å². The van der Waals surface area contributed by atoms with Gasteiger partial charge < -0.3 is 14.0 Å². The minimum absolute atomic E-state index is 0.109. The minimum atomic E-state index is 0.109. The first-order chi connectivity index (χ1) is 14.7. The normalized spacial score (nSPS) is 17.5. The molecule has 0 amide bonds. The van der Waals surface area contributed by atoms with Gasteiger partial charge in [-0.1, -0.05) is 35.5 Å². The number of nitrogens with zero attached hydrogens (tertiary/aromatic N) is 5. The fraction of sp³-hybridized carbons (Fsp3) is 0.500. The maximum absolute atomic E-state index is 5.84. The van der Waals surface area contributed by atoms with Crippen LogP contribution in [-0.4, -0.2) is 58.3 Å². The fourth-order valence-electron chi connectivity index (χ4n) is 4.02. The van der Waals surface area contributed by atoms with E-state index >= 15 is 0 Å². The highest BCUT2D eigenvalue weighted by atomic mass is 16.5. The van der Waals surface area contributed by atoms with E-state index in [1.807, 2.05) is 6.07 Å². The summed E-state index contributed by atoms with van der Waals surface area (Å²) in [5, 5.41) is 8.89. The molecule has 8 nitrogen and oxygen atoms in total. The van der Waals surface area contributed by atoms with Crippen molar-refractivity contribution in [1.29, 1.82) is 0 Å². The van der Waals surface area contributed by atoms with Gasteiger partial charge in [0.1, 0.15) is 0 Å². The van der Waals surface area contributed by atoms with Gasteiger partial charge in [0.25, 0.3) is 0 Å². The predicted octanol–water partition coefficient (Wildman–Crippen LogP) is 2.69. The van der Waals surface area contributed by atoms with E-state index in [9.17, 15) is 0 Å². The van der Waals surface area contributed by atoms with Crippen LogP contribution >= 0.6 is 0 Å². The van der Waals surface area contributed by atoms with Crippen LogP contribution in [0.1, 0.15) is 40.3 Å². The average molecular weight is 412 g/mol. The molecule has 1 aliphatic heterocycles. The molecule has 1 aliphatic rings. The van der Waals surface area contributed by atoms with Gasteiger partial charge in [0.15, 0.2) is 5.82 Å². The lowest BCUT2D eigenvalue weighted by atomic mass is 10.0. The number of hydrogen-bond donors (Lipinski definition) is 0. The van der Waals surface area contributed by atoms with E-state index in [-0.39, 0.29) is 6.04 Å². The molecule has 0 spiro atoms. The topological polar surface area (TPSA) is 78.4 Å². The smallest absolute Gasteiger partial charge is 0.240 e. The number of morpholine rings is 1. The highest BCUT2D eigenvalue weighted by Gasteiger charge is 2.31. The van der Waals surface area contributed by atoms with Crippen molar-refractivity contribution in [2.45, 2.75) is 39.4 Å². The van der Waals surface area contributed by atoms with Crippen molar-refractivity contribution in [2.24, 2.45) is 0 Å². The zero-order chi connectivity index (χ0) is 20.9. The molecule has 1 atom stereocenters. The number of aromatic nitrogens is 4. The minimum Gasteiger partial charge on any atom is -0.384 e. The third-order valence-corrected chi connectivity index (χ3v) is 5.56. The molecule has 0 aliphatic carbocycles. The molecule has 8 heteroatoms. The van der Waals surface area contributed by atoms with Crippen LogP contribution in [0.3, 0.4) is 0 Å². The lowest BCUT2D eigenvalue weighted by Gasteiger charge is -2.35. The summed E-state index contributed by atoms with van der Waals surface area (Å²) >= 11 is 0. The molecule has 4 rings (SSSR count). The van der Waals surface area contributed by atoms with Crippen molar-refractivity contribution in [3.63, 3.8) is 0 Å². The van der Waals surface area contributed by atoms with Gasteiger partial charge >= 0.3 is 0 Å². The molecule has 1 aromatic carbocycles. The van der Waals surface area contributed by atoms with Crippen LogP contribution in [0.15, 0.2) is 34.9 Å². The van der Waals surface area contributed by atoms with Crippen LogP contribution in [-0.2, 0) is 29.0 Å². The molecule has 0 saturated carbocycles. The molecule has 30 heavy (non-hydrogen) atoms. The largest absolute Gasteiger partial charge is 0.384 e. The molecule has 160 valence electrons. The summed E-state index contributed by atoms with van der Waals surface area (Å²) in [5.74, 6) is 1.31. The Morgan fingerprint density at radius 3 is 2.80 bits per heavy atom. The number of benzene rings is 1. The maximum Gasteiger partial charge on any atom is 0.240 e. The molecule has 1 fully saturated rings. The third kappa shape index (κ3) is 4.61. The molecule has 2 aromatic heterocycles. The molecule has 1 unspecified atom stereocenters. The number of ether oxygens (including phenoxy) is 2. The van der Waals surface area contributed by atoms with E-state index < -0.39 is 0 Å². The Kier molecular flexibility index (Phi) is 6.56. The maximum atomic E-state index is 5.84.